The van der Waals surface area contributed by atoms with Crippen molar-refractivity contribution in [3.05, 3.63) is 11.1 Å². The number of thiazole rings is 1. The number of hydrogen-bond donors (Lipinski definition) is 5. The van der Waals surface area contributed by atoms with Gasteiger partial charge in [0.05, 0.1) is 6.54 Å². The van der Waals surface area contributed by atoms with Gasteiger partial charge in [-0.1, -0.05) is 5.16 Å². The number of carboxylic acids is 1. The Morgan fingerprint density at radius 1 is 1.55 bits per heavy atom. The summed E-state index contributed by atoms with van der Waals surface area (Å²) in [6.45, 7) is 2.06. The average molecular weight is 332 g/mol. The van der Waals surface area contributed by atoms with Gasteiger partial charge in [-0.25, -0.2) is 9.78 Å². The molecule has 0 aliphatic carbocycles. The molecule has 22 heavy (non-hydrogen) atoms. The molecular formula is C11H16N4O6S. The van der Waals surface area contributed by atoms with Gasteiger partial charge in [0.25, 0.3) is 5.91 Å². The first-order valence-corrected chi connectivity index (χ1v) is 6.86. The molecule has 0 aromatic carbocycles. The minimum atomic E-state index is -1.75. The van der Waals surface area contributed by atoms with Crippen LogP contribution in [0.2, 0.25) is 0 Å². The molecule has 1 amide bonds. The molecule has 6 N–H and O–H groups in total. The summed E-state index contributed by atoms with van der Waals surface area (Å²) in [7, 11) is 0. The summed E-state index contributed by atoms with van der Waals surface area (Å²) < 4.78 is 0. The minimum Gasteiger partial charge on any atom is -0.478 e. The van der Waals surface area contributed by atoms with E-state index in [1.807, 2.05) is 0 Å². The van der Waals surface area contributed by atoms with Crippen molar-refractivity contribution in [3.63, 3.8) is 0 Å². The fraction of sp³-hybridized carbons (Fsp3) is 0.455. The van der Waals surface area contributed by atoms with Gasteiger partial charge in [0.15, 0.2) is 17.1 Å². The smallest absolute Gasteiger partial charge is 0.350 e. The molecule has 0 bridgehead atoms. The first-order chi connectivity index (χ1) is 10.1. The SMILES string of the molecule is CC(C)(ON=C(C(=O)NCC(O)O)c1csc(N)n1)C(=O)O. The number of amides is 1. The standard InChI is InChI=1S/C11H16N4O6S/c1-11(2,9(19)20)21-15-7(5-4-22-10(12)14-5)8(18)13-3-6(16)17/h4,6,16-17H,3H2,1-2H3,(H2,12,14)(H,13,18)(H,19,20). The van der Waals surface area contributed by atoms with Crippen molar-refractivity contribution in [2.24, 2.45) is 5.16 Å². The summed E-state index contributed by atoms with van der Waals surface area (Å²) in [5.74, 6) is -2.10. The second-order valence-corrected chi connectivity index (χ2v) is 5.50. The number of anilines is 1. The van der Waals surface area contributed by atoms with E-state index in [1.54, 1.807) is 0 Å². The molecule has 0 atom stereocenters. The number of carboxylic acid groups (broad SMARTS) is 1. The van der Waals surface area contributed by atoms with Crippen molar-refractivity contribution < 1.29 is 29.7 Å². The third kappa shape index (κ3) is 4.95. The molecule has 0 unspecified atom stereocenters. The van der Waals surface area contributed by atoms with Crippen molar-refractivity contribution in [3.8, 4) is 0 Å². The van der Waals surface area contributed by atoms with Gasteiger partial charge in [-0.15, -0.1) is 11.3 Å². The number of aromatic nitrogens is 1. The summed E-state index contributed by atoms with van der Waals surface area (Å²) in [4.78, 5) is 31.7. The van der Waals surface area contributed by atoms with Crippen LogP contribution in [0.1, 0.15) is 19.5 Å². The number of nitrogen functional groups attached to an aromatic ring is 1. The number of oxime groups is 1. The van der Waals surface area contributed by atoms with Crippen LogP contribution in [0.15, 0.2) is 10.5 Å². The van der Waals surface area contributed by atoms with Crippen LogP contribution in [0.4, 0.5) is 5.13 Å². The average Bonchev–Trinajstić information content (AvgIpc) is 2.82. The van der Waals surface area contributed by atoms with Crippen LogP contribution >= 0.6 is 11.3 Å². The lowest BCUT2D eigenvalue weighted by Crippen LogP contribution is -2.38. The summed E-state index contributed by atoms with van der Waals surface area (Å²) >= 11 is 1.05. The van der Waals surface area contributed by atoms with Crippen LogP contribution in [0.5, 0.6) is 0 Å². The Hall–Kier alpha value is -2.24. The van der Waals surface area contributed by atoms with E-state index >= 15 is 0 Å². The van der Waals surface area contributed by atoms with Gasteiger partial charge in [-0.3, -0.25) is 4.79 Å². The highest BCUT2D eigenvalue weighted by Gasteiger charge is 2.31. The van der Waals surface area contributed by atoms with Gasteiger partial charge in [0.2, 0.25) is 5.60 Å². The number of carbonyl (C=O) groups excluding carboxylic acids is 1. The van der Waals surface area contributed by atoms with Crippen LogP contribution < -0.4 is 11.1 Å². The molecule has 0 saturated carbocycles. The molecule has 0 fully saturated rings. The summed E-state index contributed by atoms with van der Waals surface area (Å²) in [5, 5.41) is 33.8. The molecule has 122 valence electrons. The molecule has 0 radical (unpaired) electrons. The lowest BCUT2D eigenvalue weighted by molar-refractivity contribution is -0.161. The van der Waals surface area contributed by atoms with Crippen LogP contribution in [0.3, 0.4) is 0 Å². The predicted octanol–water partition coefficient (Wildman–Crippen LogP) is -1.26. The predicted molar refractivity (Wildman–Crippen MR) is 77.1 cm³/mol. The molecule has 0 aliphatic heterocycles. The molecule has 1 heterocycles. The van der Waals surface area contributed by atoms with Crippen molar-refractivity contribution in [1.82, 2.24) is 10.3 Å². The van der Waals surface area contributed by atoms with E-state index in [2.05, 4.69) is 15.5 Å². The lowest BCUT2D eigenvalue weighted by atomic mass is 10.1. The minimum absolute atomic E-state index is 0.0774. The first-order valence-electron chi connectivity index (χ1n) is 5.98. The number of aliphatic carboxylic acids is 1. The van der Waals surface area contributed by atoms with Gasteiger partial charge in [-0.05, 0) is 13.8 Å². The van der Waals surface area contributed by atoms with Gasteiger partial charge >= 0.3 is 5.97 Å². The van der Waals surface area contributed by atoms with E-state index in [4.69, 9.17) is 25.9 Å². The van der Waals surface area contributed by atoms with Gasteiger partial charge in [-0.2, -0.15) is 0 Å². The number of carbonyl (C=O) groups is 2. The largest absolute Gasteiger partial charge is 0.478 e. The summed E-state index contributed by atoms with van der Waals surface area (Å²) in [6.07, 6.45) is -1.75. The molecular weight excluding hydrogens is 316 g/mol. The van der Waals surface area contributed by atoms with Crippen LogP contribution in [-0.4, -0.2) is 56.3 Å². The highest BCUT2D eigenvalue weighted by molar-refractivity contribution is 7.13. The number of nitrogens with one attached hydrogen (secondary N) is 1. The summed E-state index contributed by atoms with van der Waals surface area (Å²) in [6, 6.07) is 0. The van der Waals surface area contributed by atoms with E-state index in [1.165, 1.54) is 19.2 Å². The van der Waals surface area contributed by atoms with Crippen LogP contribution in [0, 0.1) is 0 Å². The van der Waals surface area contributed by atoms with E-state index in [0.717, 1.165) is 11.3 Å². The van der Waals surface area contributed by atoms with E-state index < -0.39 is 30.3 Å². The first kappa shape index (κ1) is 17.8. The van der Waals surface area contributed by atoms with Crippen molar-refractivity contribution in [2.75, 3.05) is 12.3 Å². The zero-order valence-electron chi connectivity index (χ0n) is 11.8. The highest BCUT2D eigenvalue weighted by Crippen LogP contribution is 2.15. The lowest BCUT2D eigenvalue weighted by Gasteiger charge is -2.17. The van der Waals surface area contributed by atoms with E-state index in [0.29, 0.717) is 0 Å². The zero-order chi connectivity index (χ0) is 16.9. The van der Waals surface area contributed by atoms with E-state index in [9.17, 15) is 9.59 Å². The number of rotatable bonds is 7. The number of aliphatic hydroxyl groups is 2. The Balaban J connectivity index is 3.01. The van der Waals surface area contributed by atoms with Crippen molar-refractivity contribution in [2.45, 2.75) is 25.7 Å². The van der Waals surface area contributed by atoms with Gasteiger partial charge in [0, 0.05) is 5.38 Å². The maximum absolute atomic E-state index is 12.0. The third-order valence-corrected chi connectivity index (χ3v) is 2.98. The number of aliphatic hydroxyl groups excluding tert-OH is 1. The topological polar surface area (TPSA) is 167 Å². The third-order valence-electron chi connectivity index (χ3n) is 2.31. The Morgan fingerprint density at radius 3 is 2.64 bits per heavy atom. The molecule has 1 rings (SSSR count). The van der Waals surface area contributed by atoms with E-state index in [-0.39, 0.29) is 16.5 Å². The highest BCUT2D eigenvalue weighted by atomic mass is 32.1. The fourth-order valence-electron chi connectivity index (χ4n) is 1.07. The molecule has 10 nitrogen and oxygen atoms in total. The molecule has 11 heteroatoms. The number of nitrogens with two attached hydrogens (primary N) is 1. The molecule has 0 spiro atoms. The molecule has 1 aromatic rings. The Kier molecular flexibility index (Phi) is 5.79. The number of hydrogen-bond acceptors (Lipinski definition) is 9. The Morgan fingerprint density at radius 2 is 2.18 bits per heavy atom. The van der Waals surface area contributed by atoms with Crippen molar-refractivity contribution in [1.29, 1.82) is 0 Å². The fourth-order valence-corrected chi connectivity index (χ4v) is 1.62. The maximum Gasteiger partial charge on any atom is 0.350 e. The maximum atomic E-state index is 12.0. The summed E-state index contributed by atoms with van der Waals surface area (Å²) in [5.41, 5.74) is 3.56. The zero-order valence-corrected chi connectivity index (χ0v) is 12.6. The second-order valence-electron chi connectivity index (χ2n) is 4.61. The van der Waals surface area contributed by atoms with Gasteiger partial charge in [0.1, 0.15) is 5.69 Å². The Labute approximate surface area is 129 Å². The van der Waals surface area contributed by atoms with Crippen LogP contribution in [0.25, 0.3) is 0 Å². The monoisotopic (exact) mass is 332 g/mol. The quantitative estimate of drug-likeness (QED) is 0.234. The molecule has 0 saturated heterocycles. The number of nitrogens with zero attached hydrogens (tertiary/aromatic N) is 2. The molecule has 0 aliphatic rings. The second kappa shape index (κ2) is 7.15. The van der Waals surface area contributed by atoms with Crippen LogP contribution in [-0.2, 0) is 14.4 Å². The normalized spacial score (nSPS) is 12.3. The van der Waals surface area contributed by atoms with Gasteiger partial charge < -0.3 is 31.2 Å². The van der Waals surface area contributed by atoms with Crippen molar-refractivity contribution >= 4 is 34.1 Å². The Bertz CT molecular complexity index is 583. The molecule has 1 aromatic heterocycles.